The Morgan fingerprint density at radius 1 is 1.45 bits per heavy atom. The summed E-state index contributed by atoms with van der Waals surface area (Å²) in [6, 6.07) is 7.73. The number of hydrogen-bond donors (Lipinski definition) is 1. The van der Waals surface area contributed by atoms with Crippen molar-refractivity contribution >= 4 is 17.5 Å². The van der Waals surface area contributed by atoms with Gasteiger partial charge in [-0.2, -0.15) is 5.10 Å². The second-order valence-electron chi connectivity index (χ2n) is 5.57. The summed E-state index contributed by atoms with van der Waals surface area (Å²) in [5, 5.41) is 8.24. The maximum Gasteiger partial charge on any atom is 0.257 e. The second-order valence-corrected chi connectivity index (χ2v) is 5.98. The van der Waals surface area contributed by atoms with E-state index >= 15 is 0 Å². The summed E-state index contributed by atoms with van der Waals surface area (Å²) in [6.07, 6.45) is 2.61. The van der Waals surface area contributed by atoms with Crippen molar-refractivity contribution in [3.8, 4) is 5.69 Å². The van der Waals surface area contributed by atoms with Gasteiger partial charge in [-0.05, 0) is 32.0 Å². The third-order valence-corrected chi connectivity index (χ3v) is 4.54. The van der Waals surface area contributed by atoms with Crippen LogP contribution in [-0.4, -0.2) is 46.8 Å². The van der Waals surface area contributed by atoms with Crippen LogP contribution in [-0.2, 0) is 0 Å². The van der Waals surface area contributed by atoms with Gasteiger partial charge in [0.15, 0.2) is 0 Å². The van der Waals surface area contributed by atoms with Crippen molar-refractivity contribution in [2.24, 2.45) is 0 Å². The molecule has 1 atom stereocenters. The number of carbonyl (C=O) groups is 1. The number of likely N-dealkylation sites (N-methyl/N-ethyl adjacent to an activating group) is 1. The van der Waals surface area contributed by atoms with E-state index in [9.17, 15) is 4.79 Å². The van der Waals surface area contributed by atoms with Crippen LogP contribution in [0, 0.1) is 6.92 Å². The van der Waals surface area contributed by atoms with E-state index in [-0.39, 0.29) is 11.9 Å². The smallest absolute Gasteiger partial charge is 0.257 e. The number of nitrogens with one attached hydrogen (secondary N) is 1. The van der Waals surface area contributed by atoms with E-state index in [1.807, 2.05) is 38.2 Å². The molecule has 0 saturated carbocycles. The molecule has 5 nitrogen and oxygen atoms in total. The minimum atomic E-state index is 0.00417. The third kappa shape index (κ3) is 2.62. The molecule has 1 amide bonds. The van der Waals surface area contributed by atoms with Crippen LogP contribution in [0.1, 0.15) is 22.5 Å². The predicted octanol–water partition coefficient (Wildman–Crippen LogP) is 2.27. The fourth-order valence-corrected chi connectivity index (χ4v) is 3.03. The highest BCUT2D eigenvalue weighted by molar-refractivity contribution is 6.32. The monoisotopic (exact) mass is 318 g/mol. The van der Waals surface area contributed by atoms with E-state index in [0.717, 1.165) is 30.9 Å². The molecule has 2 heterocycles. The van der Waals surface area contributed by atoms with Crippen LogP contribution in [0.15, 0.2) is 30.5 Å². The van der Waals surface area contributed by atoms with Gasteiger partial charge in [0.05, 0.1) is 28.2 Å². The standard InChI is InChI=1S/C16H19ClN4O/c1-11-13(16(22)20(2)12-7-8-18-9-12)10-19-21(11)15-6-4-3-5-14(15)17/h3-6,10,12,18H,7-9H2,1-2H3. The van der Waals surface area contributed by atoms with Crippen molar-refractivity contribution in [3.05, 3.63) is 46.7 Å². The Morgan fingerprint density at radius 2 is 2.23 bits per heavy atom. The molecular formula is C16H19ClN4O. The number of hydrogen-bond acceptors (Lipinski definition) is 3. The molecular weight excluding hydrogens is 300 g/mol. The van der Waals surface area contributed by atoms with E-state index in [0.29, 0.717) is 10.6 Å². The van der Waals surface area contributed by atoms with Gasteiger partial charge in [0.2, 0.25) is 0 Å². The number of carbonyl (C=O) groups excluding carboxylic acids is 1. The van der Waals surface area contributed by atoms with Crippen molar-refractivity contribution in [2.75, 3.05) is 20.1 Å². The van der Waals surface area contributed by atoms with Gasteiger partial charge in [0.1, 0.15) is 0 Å². The van der Waals surface area contributed by atoms with E-state index in [1.54, 1.807) is 15.8 Å². The van der Waals surface area contributed by atoms with Crippen molar-refractivity contribution in [2.45, 2.75) is 19.4 Å². The molecule has 1 aliphatic rings. The number of para-hydroxylation sites is 1. The number of halogens is 1. The molecule has 0 aliphatic carbocycles. The summed E-state index contributed by atoms with van der Waals surface area (Å²) in [6.45, 7) is 3.70. The molecule has 116 valence electrons. The van der Waals surface area contributed by atoms with Gasteiger partial charge in [-0.25, -0.2) is 4.68 Å². The fraction of sp³-hybridized carbons (Fsp3) is 0.375. The highest BCUT2D eigenvalue weighted by atomic mass is 35.5. The molecule has 3 rings (SSSR count). The van der Waals surface area contributed by atoms with Crippen LogP contribution in [0.25, 0.3) is 5.69 Å². The first-order valence-corrected chi connectivity index (χ1v) is 7.75. The molecule has 2 aromatic rings. The lowest BCUT2D eigenvalue weighted by Crippen LogP contribution is -2.38. The molecule has 1 N–H and O–H groups in total. The maximum atomic E-state index is 12.7. The second kappa shape index (κ2) is 6.10. The fourth-order valence-electron chi connectivity index (χ4n) is 2.81. The molecule has 1 unspecified atom stereocenters. The van der Waals surface area contributed by atoms with E-state index in [1.165, 1.54) is 0 Å². The Labute approximate surface area is 134 Å². The molecule has 1 aromatic heterocycles. The normalized spacial score (nSPS) is 17.7. The Hall–Kier alpha value is -1.85. The van der Waals surface area contributed by atoms with Crippen molar-refractivity contribution in [1.29, 1.82) is 0 Å². The van der Waals surface area contributed by atoms with Crippen molar-refractivity contribution < 1.29 is 4.79 Å². The quantitative estimate of drug-likeness (QED) is 0.944. The number of nitrogens with zero attached hydrogens (tertiary/aromatic N) is 3. The zero-order valence-electron chi connectivity index (χ0n) is 12.7. The van der Waals surface area contributed by atoms with E-state index in [4.69, 9.17) is 11.6 Å². The lowest BCUT2D eigenvalue weighted by Gasteiger charge is -2.23. The highest BCUT2D eigenvalue weighted by Crippen LogP contribution is 2.23. The Bertz CT molecular complexity index is 691. The topological polar surface area (TPSA) is 50.2 Å². The van der Waals surface area contributed by atoms with E-state index in [2.05, 4.69) is 10.4 Å². The summed E-state index contributed by atoms with van der Waals surface area (Å²) < 4.78 is 1.72. The van der Waals surface area contributed by atoms with Crippen LogP contribution in [0.3, 0.4) is 0 Å². The Kier molecular flexibility index (Phi) is 4.18. The minimum absolute atomic E-state index is 0.00417. The molecule has 0 bridgehead atoms. The average Bonchev–Trinajstić information content (AvgIpc) is 3.16. The first kappa shape index (κ1) is 15.1. The van der Waals surface area contributed by atoms with Crippen LogP contribution < -0.4 is 5.32 Å². The number of aromatic nitrogens is 2. The summed E-state index contributed by atoms with van der Waals surface area (Å²) in [7, 11) is 1.85. The summed E-state index contributed by atoms with van der Waals surface area (Å²) in [5.74, 6) is 0.00417. The zero-order chi connectivity index (χ0) is 15.7. The average molecular weight is 319 g/mol. The van der Waals surface area contributed by atoms with Gasteiger partial charge in [-0.1, -0.05) is 23.7 Å². The van der Waals surface area contributed by atoms with Gasteiger partial charge >= 0.3 is 0 Å². The third-order valence-electron chi connectivity index (χ3n) is 4.22. The molecule has 1 saturated heterocycles. The van der Waals surface area contributed by atoms with Crippen molar-refractivity contribution in [1.82, 2.24) is 20.0 Å². The highest BCUT2D eigenvalue weighted by Gasteiger charge is 2.26. The molecule has 0 radical (unpaired) electrons. The number of benzene rings is 1. The van der Waals surface area contributed by atoms with Crippen LogP contribution in [0.2, 0.25) is 5.02 Å². The van der Waals surface area contributed by atoms with Crippen LogP contribution in [0.4, 0.5) is 0 Å². The van der Waals surface area contributed by atoms with Crippen LogP contribution >= 0.6 is 11.6 Å². The molecule has 1 aromatic carbocycles. The lowest BCUT2D eigenvalue weighted by molar-refractivity contribution is 0.0743. The molecule has 1 fully saturated rings. The summed E-state index contributed by atoms with van der Waals surface area (Å²) in [4.78, 5) is 14.5. The minimum Gasteiger partial charge on any atom is -0.337 e. The van der Waals surface area contributed by atoms with Gasteiger partial charge in [-0.3, -0.25) is 4.79 Å². The van der Waals surface area contributed by atoms with Crippen LogP contribution in [0.5, 0.6) is 0 Å². The Balaban J connectivity index is 1.90. The summed E-state index contributed by atoms with van der Waals surface area (Å²) >= 11 is 6.22. The Morgan fingerprint density at radius 3 is 2.91 bits per heavy atom. The van der Waals surface area contributed by atoms with Crippen molar-refractivity contribution in [3.63, 3.8) is 0 Å². The largest absolute Gasteiger partial charge is 0.337 e. The van der Waals surface area contributed by atoms with Gasteiger partial charge in [0, 0.05) is 19.6 Å². The van der Waals surface area contributed by atoms with Gasteiger partial charge in [0.25, 0.3) is 5.91 Å². The molecule has 0 spiro atoms. The molecule has 1 aliphatic heterocycles. The van der Waals surface area contributed by atoms with Gasteiger partial charge in [-0.15, -0.1) is 0 Å². The van der Waals surface area contributed by atoms with E-state index < -0.39 is 0 Å². The first-order valence-electron chi connectivity index (χ1n) is 7.37. The molecule has 22 heavy (non-hydrogen) atoms. The maximum absolute atomic E-state index is 12.7. The first-order chi connectivity index (χ1) is 10.6. The molecule has 6 heteroatoms. The number of rotatable bonds is 3. The van der Waals surface area contributed by atoms with Gasteiger partial charge < -0.3 is 10.2 Å². The SMILES string of the molecule is Cc1c(C(=O)N(C)C2CCNC2)cnn1-c1ccccc1Cl. The lowest BCUT2D eigenvalue weighted by atomic mass is 10.1. The zero-order valence-corrected chi connectivity index (χ0v) is 13.5. The number of amides is 1. The summed E-state index contributed by atoms with van der Waals surface area (Å²) in [5.41, 5.74) is 2.20. The predicted molar refractivity (Wildman–Crippen MR) is 86.7 cm³/mol.